The summed E-state index contributed by atoms with van der Waals surface area (Å²) in [6.45, 7) is 3.74. The molecule has 0 heterocycles. The van der Waals surface area contributed by atoms with Gasteiger partial charge in [0.05, 0.1) is 12.1 Å². The molecule has 0 radical (unpaired) electrons. The standard InChI is InChI=1S/C11H16ClNO2/c1-6-4-9(15-3)11(14)8(10(6)12)5-7(2)13/h4,7,14H,5,13H2,1-3H3. The Balaban J connectivity index is 3.27. The molecule has 0 aromatic heterocycles. The lowest BCUT2D eigenvalue weighted by atomic mass is 10.0. The van der Waals surface area contributed by atoms with Crippen LogP contribution in [0.25, 0.3) is 0 Å². The maximum Gasteiger partial charge on any atom is 0.162 e. The molecule has 4 heteroatoms. The number of aromatic hydroxyl groups is 1. The Morgan fingerprint density at radius 1 is 1.60 bits per heavy atom. The van der Waals surface area contributed by atoms with Gasteiger partial charge in [0, 0.05) is 11.6 Å². The molecule has 3 N–H and O–H groups in total. The normalized spacial score (nSPS) is 12.6. The largest absolute Gasteiger partial charge is 0.504 e. The Hall–Kier alpha value is -0.930. The van der Waals surface area contributed by atoms with Gasteiger partial charge in [0.2, 0.25) is 0 Å². The van der Waals surface area contributed by atoms with E-state index in [1.54, 1.807) is 6.07 Å². The van der Waals surface area contributed by atoms with Crippen molar-refractivity contribution in [2.24, 2.45) is 5.73 Å². The number of rotatable bonds is 3. The fourth-order valence-electron chi connectivity index (χ4n) is 1.48. The molecule has 0 aliphatic rings. The number of phenols is 1. The van der Waals surface area contributed by atoms with E-state index < -0.39 is 0 Å². The summed E-state index contributed by atoms with van der Waals surface area (Å²) in [5.74, 6) is 0.526. The van der Waals surface area contributed by atoms with Crippen molar-refractivity contribution < 1.29 is 9.84 Å². The second kappa shape index (κ2) is 4.73. The predicted molar refractivity (Wildman–Crippen MR) is 61.8 cm³/mol. The molecular weight excluding hydrogens is 214 g/mol. The number of hydrogen-bond acceptors (Lipinski definition) is 3. The number of halogens is 1. The summed E-state index contributed by atoms with van der Waals surface area (Å²) in [7, 11) is 1.51. The third-order valence-electron chi connectivity index (χ3n) is 2.22. The predicted octanol–water partition coefficient (Wildman–Crippen LogP) is 2.25. The summed E-state index contributed by atoms with van der Waals surface area (Å²) in [6.07, 6.45) is 0.530. The number of nitrogens with two attached hydrogens (primary N) is 1. The molecule has 1 atom stereocenters. The molecular formula is C11H16ClNO2. The van der Waals surface area contributed by atoms with Crippen molar-refractivity contribution in [2.75, 3.05) is 7.11 Å². The van der Waals surface area contributed by atoms with Crippen LogP contribution in [0.4, 0.5) is 0 Å². The Bertz CT molecular complexity index is 364. The smallest absolute Gasteiger partial charge is 0.162 e. The lowest BCUT2D eigenvalue weighted by Gasteiger charge is -2.14. The number of phenolic OH excluding ortho intramolecular Hbond substituents is 1. The monoisotopic (exact) mass is 229 g/mol. The third-order valence-corrected chi connectivity index (χ3v) is 2.75. The molecule has 1 aromatic carbocycles. The Morgan fingerprint density at radius 2 is 2.20 bits per heavy atom. The van der Waals surface area contributed by atoms with Gasteiger partial charge in [0.15, 0.2) is 11.5 Å². The zero-order valence-electron chi connectivity index (χ0n) is 9.17. The molecule has 0 spiro atoms. The fraction of sp³-hybridized carbons (Fsp3) is 0.455. The molecule has 84 valence electrons. The van der Waals surface area contributed by atoms with E-state index in [2.05, 4.69) is 0 Å². The molecule has 1 aromatic rings. The molecule has 15 heavy (non-hydrogen) atoms. The highest BCUT2D eigenvalue weighted by atomic mass is 35.5. The van der Waals surface area contributed by atoms with Crippen LogP contribution in [0, 0.1) is 6.92 Å². The molecule has 0 amide bonds. The summed E-state index contributed by atoms with van der Waals surface area (Å²) in [5.41, 5.74) is 7.23. The van der Waals surface area contributed by atoms with Crippen LogP contribution in [0.15, 0.2) is 6.07 Å². The lowest BCUT2D eigenvalue weighted by Crippen LogP contribution is -2.18. The molecule has 0 aliphatic heterocycles. The van der Waals surface area contributed by atoms with Crippen LogP contribution < -0.4 is 10.5 Å². The number of benzene rings is 1. The van der Waals surface area contributed by atoms with Crippen LogP contribution in [-0.2, 0) is 6.42 Å². The quantitative estimate of drug-likeness (QED) is 0.836. The number of methoxy groups -OCH3 is 1. The fourth-order valence-corrected chi connectivity index (χ4v) is 1.70. The lowest BCUT2D eigenvalue weighted by molar-refractivity contribution is 0.369. The Labute approximate surface area is 94.8 Å². The molecule has 0 saturated carbocycles. The number of hydrogen-bond donors (Lipinski definition) is 2. The molecule has 1 unspecified atom stereocenters. The molecule has 1 rings (SSSR count). The zero-order chi connectivity index (χ0) is 11.6. The second-order valence-corrected chi connectivity index (χ2v) is 4.10. The van der Waals surface area contributed by atoms with Gasteiger partial charge < -0.3 is 15.6 Å². The van der Waals surface area contributed by atoms with E-state index in [1.807, 2.05) is 13.8 Å². The zero-order valence-corrected chi connectivity index (χ0v) is 9.93. The van der Waals surface area contributed by atoms with Crippen molar-refractivity contribution in [3.05, 3.63) is 22.2 Å². The number of aryl methyl sites for hydroxylation is 1. The minimum Gasteiger partial charge on any atom is -0.504 e. The topological polar surface area (TPSA) is 55.5 Å². The maximum absolute atomic E-state index is 9.88. The SMILES string of the molecule is COc1cc(C)c(Cl)c(CC(C)N)c1O. The van der Waals surface area contributed by atoms with Crippen molar-refractivity contribution in [2.45, 2.75) is 26.3 Å². The Morgan fingerprint density at radius 3 is 2.67 bits per heavy atom. The van der Waals surface area contributed by atoms with E-state index in [4.69, 9.17) is 22.1 Å². The Kier molecular flexibility index (Phi) is 3.83. The highest BCUT2D eigenvalue weighted by Crippen LogP contribution is 2.37. The van der Waals surface area contributed by atoms with E-state index in [-0.39, 0.29) is 11.8 Å². The second-order valence-electron chi connectivity index (χ2n) is 3.72. The van der Waals surface area contributed by atoms with E-state index in [0.29, 0.717) is 22.8 Å². The van der Waals surface area contributed by atoms with Crippen molar-refractivity contribution in [1.29, 1.82) is 0 Å². The third kappa shape index (κ3) is 2.55. The minimum absolute atomic E-state index is 0.0556. The van der Waals surface area contributed by atoms with Gasteiger partial charge in [-0.15, -0.1) is 0 Å². The van der Waals surface area contributed by atoms with Crippen LogP contribution in [0.3, 0.4) is 0 Å². The van der Waals surface area contributed by atoms with Crippen molar-refractivity contribution in [3.8, 4) is 11.5 Å². The van der Waals surface area contributed by atoms with Crippen LogP contribution in [0.1, 0.15) is 18.1 Å². The first-order chi connectivity index (χ1) is 6.97. The molecule has 0 bridgehead atoms. The van der Waals surface area contributed by atoms with Gasteiger partial charge in [-0.3, -0.25) is 0 Å². The summed E-state index contributed by atoms with van der Waals surface area (Å²) < 4.78 is 5.05. The van der Waals surface area contributed by atoms with Crippen molar-refractivity contribution in [3.63, 3.8) is 0 Å². The number of ether oxygens (including phenoxy) is 1. The highest BCUT2D eigenvalue weighted by molar-refractivity contribution is 6.32. The first-order valence-corrected chi connectivity index (χ1v) is 5.15. The average molecular weight is 230 g/mol. The minimum atomic E-state index is -0.0556. The van der Waals surface area contributed by atoms with Crippen LogP contribution in [0.5, 0.6) is 11.5 Å². The van der Waals surface area contributed by atoms with E-state index in [1.165, 1.54) is 7.11 Å². The van der Waals surface area contributed by atoms with Crippen molar-refractivity contribution >= 4 is 11.6 Å². The summed E-state index contributed by atoms with van der Waals surface area (Å²) >= 11 is 6.10. The van der Waals surface area contributed by atoms with Crippen molar-refractivity contribution in [1.82, 2.24) is 0 Å². The van der Waals surface area contributed by atoms with Gasteiger partial charge in [-0.25, -0.2) is 0 Å². The summed E-state index contributed by atoms with van der Waals surface area (Å²) in [6, 6.07) is 1.66. The van der Waals surface area contributed by atoms with Crippen LogP contribution in [-0.4, -0.2) is 18.3 Å². The highest BCUT2D eigenvalue weighted by Gasteiger charge is 2.15. The van der Waals surface area contributed by atoms with E-state index >= 15 is 0 Å². The first-order valence-electron chi connectivity index (χ1n) is 4.77. The van der Waals surface area contributed by atoms with Gasteiger partial charge in [0.25, 0.3) is 0 Å². The van der Waals surface area contributed by atoms with E-state index in [9.17, 15) is 5.11 Å². The summed E-state index contributed by atoms with van der Waals surface area (Å²) in [4.78, 5) is 0. The molecule has 0 fully saturated rings. The molecule has 0 aliphatic carbocycles. The van der Waals surface area contributed by atoms with Gasteiger partial charge >= 0.3 is 0 Å². The van der Waals surface area contributed by atoms with E-state index in [0.717, 1.165) is 5.56 Å². The summed E-state index contributed by atoms with van der Waals surface area (Å²) in [5, 5.41) is 10.4. The maximum atomic E-state index is 9.88. The average Bonchev–Trinajstić information content (AvgIpc) is 2.18. The van der Waals surface area contributed by atoms with Gasteiger partial charge in [0.1, 0.15) is 0 Å². The van der Waals surface area contributed by atoms with Gasteiger partial charge in [-0.1, -0.05) is 11.6 Å². The van der Waals surface area contributed by atoms with Crippen LogP contribution >= 0.6 is 11.6 Å². The van der Waals surface area contributed by atoms with Gasteiger partial charge in [-0.05, 0) is 31.9 Å². The van der Waals surface area contributed by atoms with Gasteiger partial charge in [-0.2, -0.15) is 0 Å². The molecule has 0 saturated heterocycles. The first kappa shape index (κ1) is 12.1. The molecule has 3 nitrogen and oxygen atoms in total. The van der Waals surface area contributed by atoms with Crippen LogP contribution in [0.2, 0.25) is 5.02 Å².